The van der Waals surface area contributed by atoms with Crippen molar-refractivity contribution >= 4 is 47.0 Å². The van der Waals surface area contributed by atoms with Gasteiger partial charge in [0.15, 0.2) is 0 Å². The second kappa shape index (κ2) is 12.4. The average Bonchev–Trinajstić information content (AvgIpc) is 3.05. The van der Waals surface area contributed by atoms with Gasteiger partial charge in [0.25, 0.3) is 0 Å². The molecule has 0 aliphatic carbocycles. The summed E-state index contributed by atoms with van der Waals surface area (Å²) in [6.07, 6.45) is 4.93. The van der Waals surface area contributed by atoms with E-state index in [4.69, 9.17) is 9.72 Å². The second-order valence-electron chi connectivity index (χ2n) is 9.15. The van der Waals surface area contributed by atoms with E-state index < -0.39 is 5.97 Å². The molecule has 0 saturated carbocycles. The van der Waals surface area contributed by atoms with Gasteiger partial charge in [0.1, 0.15) is 5.82 Å². The number of anilines is 2. The van der Waals surface area contributed by atoms with Crippen LogP contribution in [0.1, 0.15) is 42.1 Å². The molecule has 8 heteroatoms. The van der Waals surface area contributed by atoms with Crippen molar-refractivity contribution in [2.24, 2.45) is 0 Å². The van der Waals surface area contributed by atoms with Crippen LogP contribution in [0.2, 0.25) is 0 Å². The standard InChI is InChI=1S/C26H36N4O3.Na/c1-4-30(22-8-14-33-15-9-22)24-17-21(16-23(19(24)2)26(31)32)20-6-7-25(27-18-20)29-11-5-10-28(3)12-13-29;/h6-7,16-18,22H,4-5,8-15H2,1-3H3,(H,31,32);. The molecule has 1 N–H and O–H groups in total. The SMILES string of the molecule is CCN(c1cc(-c2ccc(N3CCCN(C)CC3)nc2)cc(C(=O)O)c1C)C1CCOCC1.[Na]. The fourth-order valence-electron chi connectivity index (χ4n) is 5.03. The number of aromatic nitrogens is 1. The van der Waals surface area contributed by atoms with Crippen LogP contribution in [-0.4, -0.2) is 110 Å². The predicted molar refractivity (Wildman–Crippen MR) is 138 cm³/mol. The zero-order valence-electron chi connectivity index (χ0n) is 21.1. The minimum absolute atomic E-state index is 0. The van der Waals surface area contributed by atoms with Gasteiger partial charge in [0.2, 0.25) is 0 Å². The van der Waals surface area contributed by atoms with Crippen molar-refractivity contribution in [3.8, 4) is 11.1 Å². The van der Waals surface area contributed by atoms with Crippen molar-refractivity contribution in [3.05, 3.63) is 41.6 Å². The first kappa shape index (κ1) is 27.0. The molecular formula is C26H36N4NaO3. The van der Waals surface area contributed by atoms with Gasteiger partial charge in [-0.05, 0) is 82.1 Å². The maximum atomic E-state index is 12.1. The van der Waals surface area contributed by atoms with Gasteiger partial charge in [-0.25, -0.2) is 9.78 Å². The second-order valence-corrected chi connectivity index (χ2v) is 9.15. The molecule has 3 heterocycles. The van der Waals surface area contributed by atoms with Gasteiger partial charge in [-0.1, -0.05) is 0 Å². The average molecular weight is 476 g/mol. The molecule has 4 rings (SSSR count). The van der Waals surface area contributed by atoms with Crippen molar-refractivity contribution < 1.29 is 14.6 Å². The van der Waals surface area contributed by atoms with Gasteiger partial charge < -0.3 is 24.5 Å². The smallest absolute Gasteiger partial charge is 0.336 e. The molecule has 1 aromatic carbocycles. The Morgan fingerprint density at radius 1 is 1.15 bits per heavy atom. The number of pyridine rings is 1. The van der Waals surface area contributed by atoms with E-state index in [1.54, 1.807) is 6.07 Å². The normalized spacial score (nSPS) is 17.7. The minimum Gasteiger partial charge on any atom is -0.478 e. The van der Waals surface area contributed by atoms with Gasteiger partial charge in [-0.15, -0.1) is 0 Å². The third kappa shape index (κ3) is 6.13. The molecule has 2 aliphatic heterocycles. The number of likely N-dealkylation sites (N-methyl/N-ethyl adjacent to an activating group) is 1. The van der Waals surface area contributed by atoms with Crippen LogP contribution in [0.25, 0.3) is 11.1 Å². The molecule has 1 radical (unpaired) electrons. The van der Waals surface area contributed by atoms with Crippen molar-refractivity contribution in [2.75, 3.05) is 62.8 Å². The largest absolute Gasteiger partial charge is 0.478 e. The van der Waals surface area contributed by atoms with Crippen LogP contribution < -0.4 is 9.80 Å². The molecule has 0 amide bonds. The maximum absolute atomic E-state index is 12.1. The molecule has 0 spiro atoms. The van der Waals surface area contributed by atoms with Crippen LogP contribution in [0, 0.1) is 6.92 Å². The third-order valence-electron chi connectivity index (χ3n) is 7.02. The van der Waals surface area contributed by atoms with Crippen LogP contribution in [-0.2, 0) is 4.74 Å². The summed E-state index contributed by atoms with van der Waals surface area (Å²) in [6, 6.07) is 8.42. The summed E-state index contributed by atoms with van der Waals surface area (Å²) in [4.78, 5) is 23.9. The van der Waals surface area contributed by atoms with Gasteiger partial charge >= 0.3 is 5.97 Å². The molecule has 0 unspecified atom stereocenters. The summed E-state index contributed by atoms with van der Waals surface area (Å²) in [5.41, 5.74) is 4.01. The first-order chi connectivity index (χ1) is 16.0. The Morgan fingerprint density at radius 2 is 1.91 bits per heavy atom. The summed E-state index contributed by atoms with van der Waals surface area (Å²) in [6.45, 7) is 10.5. The van der Waals surface area contributed by atoms with E-state index in [1.807, 2.05) is 13.1 Å². The third-order valence-corrected chi connectivity index (χ3v) is 7.02. The topological polar surface area (TPSA) is 69.1 Å². The summed E-state index contributed by atoms with van der Waals surface area (Å²) in [7, 11) is 2.16. The molecule has 2 fully saturated rings. The van der Waals surface area contributed by atoms with Gasteiger partial charge in [0.05, 0.1) is 5.56 Å². The van der Waals surface area contributed by atoms with Crippen LogP contribution in [0.15, 0.2) is 30.5 Å². The van der Waals surface area contributed by atoms with Gasteiger partial charge in [-0.3, -0.25) is 0 Å². The molecule has 2 aromatic rings. The number of aromatic carboxylic acids is 1. The van der Waals surface area contributed by atoms with Gasteiger partial charge in [-0.2, -0.15) is 0 Å². The number of carboxylic acid groups (broad SMARTS) is 1. The fraction of sp³-hybridized carbons (Fsp3) is 0.538. The van der Waals surface area contributed by atoms with Crippen molar-refractivity contribution in [1.29, 1.82) is 0 Å². The van der Waals surface area contributed by atoms with Crippen molar-refractivity contribution in [2.45, 2.75) is 39.2 Å². The summed E-state index contributed by atoms with van der Waals surface area (Å²) >= 11 is 0. The zero-order chi connectivity index (χ0) is 23.4. The van der Waals surface area contributed by atoms with E-state index in [0.29, 0.717) is 11.6 Å². The molecule has 0 bridgehead atoms. The first-order valence-electron chi connectivity index (χ1n) is 12.1. The Balaban J connectivity index is 0.00000324. The van der Waals surface area contributed by atoms with Crippen LogP contribution in [0.4, 0.5) is 11.5 Å². The fourth-order valence-corrected chi connectivity index (χ4v) is 5.03. The number of hydrogen-bond donors (Lipinski definition) is 1. The Bertz CT molecular complexity index is 963. The van der Waals surface area contributed by atoms with E-state index in [-0.39, 0.29) is 29.6 Å². The predicted octanol–water partition coefficient (Wildman–Crippen LogP) is 3.52. The van der Waals surface area contributed by atoms with Crippen molar-refractivity contribution in [1.82, 2.24) is 9.88 Å². The maximum Gasteiger partial charge on any atom is 0.336 e. The molecule has 0 atom stereocenters. The molecule has 1 aromatic heterocycles. The number of ether oxygens (including phenoxy) is 1. The quantitative estimate of drug-likeness (QED) is 0.641. The van der Waals surface area contributed by atoms with Crippen molar-refractivity contribution in [3.63, 3.8) is 0 Å². The van der Waals surface area contributed by atoms with E-state index in [1.165, 1.54) is 0 Å². The molecule has 2 aliphatic rings. The molecule has 34 heavy (non-hydrogen) atoms. The number of carboxylic acids is 1. The molecular weight excluding hydrogens is 439 g/mol. The molecule has 179 valence electrons. The summed E-state index contributed by atoms with van der Waals surface area (Å²) in [5, 5.41) is 9.92. The first-order valence-corrected chi connectivity index (χ1v) is 12.1. The van der Waals surface area contributed by atoms with E-state index in [9.17, 15) is 9.90 Å². The summed E-state index contributed by atoms with van der Waals surface area (Å²) in [5.74, 6) is 0.0918. The number of benzene rings is 1. The monoisotopic (exact) mass is 475 g/mol. The Hall–Kier alpha value is -1.64. The Morgan fingerprint density at radius 3 is 2.56 bits per heavy atom. The molecule has 7 nitrogen and oxygen atoms in total. The number of carbonyl (C=O) groups is 1. The Labute approximate surface area is 225 Å². The van der Waals surface area contributed by atoms with Crippen LogP contribution in [0.3, 0.4) is 0 Å². The minimum atomic E-state index is -0.892. The number of rotatable bonds is 6. The number of nitrogens with zero attached hydrogens (tertiary/aromatic N) is 4. The number of hydrogen-bond acceptors (Lipinski definition) is 6. The van der Waals surface area contributed by atoms with Crippen LogP contribution in [0.5, 0.6) is 0 Å². The molecule has 2 saturated heterocycles. The van der Waals surface area contributed by atoms with Gasteiger partial charge in [0, 0.05) is 92.4 Å². The van der Waals surface area contributed by atoms with E-state index in [0.717, 1.165) is 93.4 Å². The zero-order valence-corrected chi connectivity index (χ0v) is 23.1. The van der Waals surface area contributed by atoms with E-state index >= 15 is 0 Å². The Kier molecular flexibility index (Phi) is 9.80. The summed E-state index contributed by atoms with van der Waals surface area (Å²) < 4.78 is 5.55. The van der Waals surface area contributed by atoms with Crippen LogP contribution >= 0.6 is 0 Å². The van der Waals surface area contributed by atoms with E-state index in [2.05, 4.69) is 46.9 Å².